The second-order valence-electron chi connectivity index (χ2n) is 6.19. The van der Waals surface area contributed by atoms with Crippen molar-refractivity contribution >= 4 is 11.0 Å². The minimum Gasteiger partial charge on any atom is -0.472 e. The van der Waals surface area contributed by atoms with Gasteiger partial charge in [0.25, 0.3) is 5.56 Å². The molecule has 122 valence electrons. The van der Waals surface area contributed by atoms with Gasteiger partial charge in [-0.05, 0) is 32.9 Å². The van der Waals surface area contributed by atoms with Gasteiger partial charge in [0.05, 0.1) is 17.6 Å². The molecule has 0 amide bonds. The van der Waals surface area contributed by atoms with E-state index in [9.17, 15) is 4.79 Å². The van der Waals surface area contributed by atoms with E-state index in [4.69, 9.17) is 4.74 Å². The number of benzene rings is 1. The number of rotatable bonds is 2. The van der Waals surface area contributed by atoms with Crippen LogP contribution in [-0.4, -0.2) is 25.6 Å². The van der Waals surface area contributed by atoms with Crippen molar-refractivity contribution < 1.29 is 4.74 Å². The van der Waals surface area contributed by atoms with E-state index in [1.54, 1.807) is 11.5 Å². The lowest BCUT2D eigenvalue weighted by atomic mass is 10.1. The number of fused-ring (bicyclic) bond motifs is 2. The van der Waals surface area contributed by atoms with E-state index >= 15 is 0 Å². The van der Waals surface area contributed by atoms with Gasteiger partial charge in [-0.1, -0.05) is 12.1 Å². The van der Waals surface area contributed by atoms with Gasteiger partial charge >= 0.3 is 0 Å². The van der Waals surface area contributed by atoms with E-state index in [1.165, 1.54) is 0 Å². The number of nitrogens with zero attached hydrogens (tertiary/aromatic N) is 4. The predicted molar refractivity (Wildman–Crippen MR) is 90.4 cm³/mol. The first-order valence-corrected chi connectivity index (χ1v) is 8.00. The van der Waals surface area contributed by atoms with Gasteiger partial charge in [0, 0.05) is 17.7 Å². The van der Waals surface area contributed by atoms with E-state index < -0.39 is 0 Å². The van der Waals surface area contributed by atoms with Gasteiger partial charge in [-0.2, -0.15) is 4.98 Å². The zero-order valence-electron chi connectivity index (χ0n) is 13.9. The van der Waals surface area contributed by atoms with Gasteiger partial charge in [0.15, 0.2) is 0 Å². The van der Waals surface area contributed by atoms with Crippen LogP contribution < -0.4 is 10.3 Å². The molecule has 0 unspecified atom stereocenters. The maximum Gasteiger partial charge on any atom is 0.272 e. The van der Waals surface area contributed by atoms with Crippen molar-refractivity contribution in [3.63, 3.8) is 0 Å². The topological polar surface area (TPSA) is 69.9 Å². The Morgan fingerprint density at radius 3 is 2.75 bits per heavy atom. The predicted octanol–water partition coefficient (Wildman–Crippen LogP) is 2.12. The lowest BCUT2D eigenvalue weighted by molar-refractivity contribution is 0.202. The van der Waals surface area contributed by atoms with E-state index in [0.717, 1.165) is 22.3 Å². The molecule has 0 bridgehead atoms. The fraction of sp³-hybridized carbons (Fsp3) is 0.333. The number of ether oxygens (including phenoxy) is 1. The highest BCUT2D eigenvalue weighted by Crippen LogP contribution is 2.29. The Morgan fingerprint density at radius 1 is 1.12 bits per heavy atom. The first kappa shape index (κ1) is 14.8. The molecule has 24 heavy (non-hydrogen) atoms. The van der Waals surface area contributed by atoms with Crippen LogP contribution in [0.5, 0.6) is 5.88 Å². The molecule has 1 aliphatic heterocycles. The molecule has 0 saturated carbocycles. The summed E-state index contributed by atoms with van der Waals surface area (Å²) in [6, 6.07) is 7.67. The molecule has 0 spiro atoms. The molecular formula is C18H18N4O2. The number of para-hydroxylation sites is 2. The summed E-state index contributed by atoms with van der Waals surface area (Å²) in [5.74, 6) is 1.35. The van der Waals surface area contributed by atoms with Gasteiger partial charge in [0.1, 0.15) is 17.6 Å². The second-order valence-corrected chi connectivity index (χ2v) is 6.19. The molecule has 2 aromatic heterocycles. The van der Waals surface area contributed by atoms with Crippen molar-refractivity contribution in [1.29, 1.82) is 0 Å². The van der Waals surface area contributed by atoms with Crippen LogP contribution in [-0.2, 0) is 13.0 Å². The van der Waals surface area contributed by atoms with Gasteiger partial charge in [-0.3, -0.25) is 4.79 Å². The summed E-state index contributed by atoms with van der Waals surface area (Å²) in [6.45, 7) is 6.04. The Morgan fingerprint density at radius 2 is 1.92 bits per heavy atom. The molecule has 0 fully saturated rings. The Balaban J connectivity index is 1.73. The molecule has 4 rings (SSSR count). The number of aromatic nitrogens is 4. The van der Waals surface area contributed by atoms with Crippen LogP contribution in [0, 0.1) is 20.8 Å². The highest BCUT2D eigenvalue weighted by molar-refractivity contribution is 5.74. The Hall–Kier alpha value is -2.76. The van der Waals surface area contributed by atoms with Crippen molar-refractivity contribution in [2.75, 3.05) is 0 Å². The molecule has 1 atom stereocenters. The van der Waals surface area contributed by atoms with Crippen LogP contribution in [0.1, 0.15) is 22.8 Å². The van der Waals surface area contributed by atoms with Crippen molar-refractivity contribution in [1.82, 2.24) is 19.5 Å². The molecular weight excluding hydrogens is 304 g/mol. The lowest BCUT2D eigenvalue weighted by Gasteiger charge is -2.15. The Labute approximate surface area is 139 Å². The zero-order valence-corrected chi connectivity index (χ0v) is 13.9. The van der Waals surface area contributed by atoms with Crippen LogP contribution in [0.15, 0.2) is 29.1 Å². The van der Waals surface area contributed by atoms with Gasteiger partial charge in [-0.25, -0.2) is 9.97 Å². The summed E-state index contributed by atoms with van der Waals surface area (Å²) in [4.78, 5) is 25.7. The lowest BCUT2D eigenvalue weighted by Crippen LogP contribution is -2.31. The smallest absolute Gasteiger partial charge is 0.272 e. The molecule has 0 saturated heterocycles. The normalized spacial score (nSPS) is 16.2. The monoisotopic (exact) mass is 322 g/mol. The molecule has 0 radical (unpaired) electrons. The summed E-state index contributed by atoms with van der Waals surface area (Å²) in [5.41, 5.74) is 4.05. The van der Waals surface area contributed by atoms with E-state index in [0.29, 0.717) is 30.4 Å². The van der Waals surface area contributed by atoms with Crippen molar-refractivity contribution in [3.8, 4) is 5.88 Å². The maximum atomic E-state index is 12.6. The SMILES string of the molecule is Cc1nc(C)c2c(n1)O[C@@H](Cn1c(=O)c(C)nc3ccccc31)C2. The molecule has 3 heterocycles. The fourth-order valence-electron chi connectivity index (χ4n) is 3.27. The third-order valence-electron chi connectivity index (χ3n) is 4.40. The minimum atomic E-state index is -0.127. The van der Waals surface area contributed by atoms with Gasteiger partial charge in [-0.15, -0.1) is 0 Å². The van der Waals surface area contributed by atoms with Crippen molar-refractivity contribution in [2.45, 2.75) is 39.8 Å². The van der Waals surface area contributed by atoms with Gasteiger partial charge in [0.2, 0.25) is 5.88 Å². The first-order valence-electron chi connectivity index (χ1n) is 8.00. The molecule has 1 aliphatic rings. The summed E-state index contributed by atoms with van der Waals surface area (Å²) < 4.78 is 7.74. The molecule has 3 aromatic rings. The van der Waals surface area contributed by atoms with Gasteiger partial charge < -0.3 is 9.30 Å². The highest BCUT2D eigenvalue weighted by atomic mass is 16.5. The Bertz CT molecular complexity index is 1010. The number of aryl methyl sites for hydroxylation is 3. The van der Waals surface area contributed by atoms with Crippen LogP contribution in [0.3, 0.4) is 0 Å². The van der Waals surface area contributed by atoms with Crippen LogP contribution >= 0.6 is 0 Å². The van der Waals surface area contributed by atoms with Crippen LogP contribution in [0.4, 0.5) is 0 Å². The van der Waals surface area contributed by atoms with Crippen molar-refractivity contribution in [2.24, 2.45) is 0 Å². The average molecular weight is 322 g/mol. The minimum absolute atomic E-state index is 0.0766. The highest BCUT2D eigenvalue weighted by Gasteiger charge is 2.28. The standard InChI is InChI=1S/C18H18N4O2/c1-10-14-8-13(24-17(14)21-12(3)19-10)9-22-16-7-5-4-6-15(16)20-11(2)18(22)23/h4-7,13H,8-9H2,1-3H3/t13-/m1/s1. The summed E-state index contributed by atoms with van der Waals surface area (Å²) in [6.07, 6.45) is 0.585. The average Bonchev–Trinajstić information content (AvgIpc) is 2.94. The van der Waals surface area contributed by atoms with E-state index in [2.05, 4.69) is 15.0 Å². The summed E-state index contributed by atoms with van der Waals surface area (Å²) >= 11 is 0. The molecule has 6 nitrogen and oxygen atoms in total. The third kappa shape index (κ3) is 2.35. The van der Waals surface area contributed by atoms with Crippen molar-refractivity contribution in [3.05, 3.63) is 57.4 Å². The van der Waals surface area contributed by atoms with Crippen LogP contribution in [0.2, 0.25) is 0 Å². The first-order chi connectivity index (χ1) is 11.5. The van der Waals surface area contributed by atoms with Crippen LogP contribution in [0.25, 0.3) is 11.0 Å². The van der Waals surface area contributed by atoms with E-state index in [-0.39, 0.29) is 11.7 Å². The number of hydrogen-bond acceptors (Lipinski definition) is 5. The molecule has 6 heteroatoms. The fourth-order valence-corrected chi connectivity index (χ4v) is 3.27. The quantitative estimate of drug-likeness (QED) is 0.723. The maximum absolute atomic E-state index is 12.6. The number of hydrogen-bond donors (Lipinski definition) is 0. The zero-order chi connectivity index (χ0) is 16.8. The summed E-state index contributed by atoms with van der Waals surface area (Å²) in [7, 11) is 0. The molecule has 0 aliphatic carbocycles. The second kappa shape index (κ2) is 5.40. The van der Waals surface area contributed by atoms with E-state index in [1.807, 2.05) is 38.1 Å². The largest absolute Gasteiger partial charge is 0.472 e. The Kier molecular flexibility index (Phi) is 3.33. The summed E-state index contributed by atoms with van der Waals surface area (Å²) in [5, 5.41) is 0. The third-order valence-corrected chi connectivity index (χ3v) is 4.40. The molecule has 1 aromatic carbocycles. The molecule has 0 N–H and O–H groups in total.